The molecule has 0 radical (unpaired) electrons. The van der Waals surface area contributed by atoms with Crippen molar-refractivity contribution in [3.8, 4) is 0 Å². The lowest BCUT2D eigenvalue weighted by Crippen LogP contribution is -2.29. The van der Waals surface area contributed by atoms with Crippen LogP contribution in [0, 0.1) is 0 Å². The van der Waals surface area contributed by atoms with Gasteiger partial charge in [-0.05, 0) is 19.3 Å². The molecule has 1 unspecified atom stereocenters. The lowest BCUT2D eigenvalue weighted by molar-refractivity contribution is -0.138. The van der Waals surface area contributed by atoms with Gasteiger partial charge >= 0.3 is 5.97 Å². The summed E-state index contributed by atoms with van der Waals surface area (Å²) in [4.78, 5) is 15.3. The number of hydrogen-bond acceptors (Lipinski definition) is 6. The normalized spacial score (nSPS) is 12.3. The predicted octanol–water partition coefficient (Wildman–Crippen LogP) is 1.78. The fourth-order valence-corrected chi connectivity index (χ4v) is 2.14. The first-order valence-corrected chi connectivity index (χ1v) is 6.75. The molecule has 1 atom stereocenters. The fraction of sp³-hybridized carbons (Fsp3) is 0.727. The molecule has 0 amide bonds. The number of aliphatic carboxylic acids is 1. The van der Waals surface area contributed by atoms with Gasteiger partial charge in [-0.15, -0.1) is 0 Å². The Balaban J connectivity index is 2.50. The van der Waals surface area contributed by atoms with Gasteiger partial charge in [0.05, 0.1) is 0 Å². The lowest BCUT2D eigenvalue weighted by atomic mass is 10.1. The third kappa shape index (κ3) is 4.97. The van der Waals surface area contributed by atoms with E-state index in [1.807, 2.05) is 0 Å². The second-order valence-corrected chi connectivity index (χ2v) is 4.69. The molecule has 2 N–H and O–H groups in total. The number of ether oxygens (including phenoxy) is 1. The number of aryl methyl sites for hydroxylation is 1. The van der Waals surface area contributed by atoms with E-state index in [-0.39, 0.29) is 0 Å². The van der Waals surface area contributed by atoms with E-state index < -0.39 is 12.0 Å². The van der Waals surface area contributed by atoms with E-state index in [4.69, 9.17) is 9.84 Å². The Labute approximate surface area is 111 Å². The number of rotatable bonds is 9. The molecule has 0 aliphatic rings. The lowest BCUT2D eigenvalue weighted by Gasteiger charge is -2.12. The fourth-order valence-electron chi connectivity index (χ4n) is 1.48. The number of carboxylic acid groups (broad SMARTS) is 1. The monoisotopic (exact) mass is 273 g/mol. The van der Waals surface area contributed by atoms with Crippen molar-refractivity contribution in [1.82, 2.24) is 9.36 Å². The Morgan fingerprint density at radius 1 is 1.61 bits per heavy atom. The first-order valence-electron chi connectivity index (χ1n) is 5.98. The maximum atomic E-state index is 11.1. The number of aromatic nitrogens is 2. The molecular weight excluding hydrogens is 254 g/mol. The van der Waals surface area contributed by atoms with Gasteiger partial charge < -0.3 is 15.2 Å². The van der Waals surface area contributed by atoms with Crippen LogP contribution in [0.15, 0.2) is 0 Å². The number of nitrogens with one attached hydrogen (secondary N) is 1. The van der Waals surface area contributed by atoms with Crippen LogP contribution >= 0.6 is 11.5 Å². The van der Waals surface area contributed by atoms with Crippen LogP contribution in [0.25, 0.3) is 0 Å². The summed E-state index contributed by atoms with van der Waals surface area (Å²) in [5.74, 6) is -0.107. The van der Waals surface area contributed by atoms with Gasteiger partial charge in [0.15, 0.2) is 0 Å². The van der Waals surface area contributed by atoms with Gasteiger partial charge in [-0.1, -0.05) is 6.92 Å². The van der Waals surface area contributed by atoms with E-state index in [0.717, 1.165) is 18.7 Å². The van der Waals surface area contributed by atoms with Gasteiger partial charge in [-0.3, -0.25) is 0 Å². The molecule has 7 heteroatoms. The summed E-state index contributed by atoms with van der Waals surface area (Å²) in [5.41, 5.74) is 0. The highest BCUT2D eigenvalue weighted by Gasteiger charge is 2.18. The summed E-state index contributed by atoms with van der Waals surface area (Å²) in [6, 6.07) is -0.637. The first-order chi connectivity index (χ1) is 8.67. The van der Waals surface area contributed by atoms with E-state index in [9.17, 15) is 4.79 Å². The van der Waals surface area contributed by atoms with Crippen molar-refractivity contribution < 1.29 is 14.6 Å². The Bertz CT molecular complexity index is 370. The highest BCUT2D eigenvalue weighted by Crippen LogP contribution is 2.15. The molecule has 0 fully saturated rings. The zero-order valence-corrected chi connectivity index (χ0v) is 11.5. The molecular formula is C11H19N3O3S. The molecule has 0 aromatic carbocycles. The Morgan fingerprint density at radius 2 is 2.39 bits per heavy atom. The highest BCUT2D eigenvalue weighted by molar-refractivity contribution is 7.09. The summed E-state index contributed by atoms with van der Waals surface area (Å²) in [5, 5.41) is 12.6. The van der Waals surface area contributed by atoms with Gasteiger partial charge in [0.1, 0.15) is 11.9 Å². The number of hydrogen-bond donors (Lipinski definition) is 2. The van der Waals surface area contributed by atoms with Crippen molar-refractivity contribution in [2.45, 2.75) is 38.6 Å². The van der Waals surface area contributed by atoms with Gasteiger partial charge in [0.2, 0.25) is 5.13 Å². The largest absolute Gasteiger partial charge is 0.480 e. The molecule has 0 saturated carbocycles. The second-order valence-electron chi connectivity index (χ2n) is 3.94. The highest BCUT2D eigenvalue weighted by atomic mass is 32.1. The minimum atomic E-state index is -0.877. The van der Waals surface area contributed by atoms with Crippen molar-refractivity contribution in [2.75, 3.05) is 19.0 Å². The van der Waals surface area contributed by atoms with E-state index in [1.165, 1.54) is 11.5 Å². The quantitative estimate of drug-likeness (QED) is 0.667. The smallest absolute Gasteiger partial charge is 0.326 e. The van der Waals surface area contributed by atoms with Gasteiger partial charge in [-0.25, -0.2) is 9.78 Å². The third-order valence-corrected chi connectivity index (χ3v) is 3.06. The van der Waals surface area contributed by atoms with Crippen molar-refractivity contribution in [1.29, 1.82) is 0 Å². The maximum absolute atomic E-state index is 11.1. The van der Waals surface area contributed by atoms with E-state index >= 15 is 0 Å². The Morgan fingerprint density at radius 3 is 3.00 bits per heavy atom. The molecule has 0 bridgehead atoms. The molecule has 0 aliphatic carbocycles. The minimum Gasteiger partial charge on any atom is -0.480 e. The minimum absolute atomic E-state index is 0.506. The number of methoxy groups -OCH3 is 1. The third-order valence-electron chi connectivity index (χ3n) is 2.38. The Hall–Kier alpha value is -1.21. The topological polar surface area (TPSA) is 84.3 Å². The first kappa shape index (κ1) is 14.8. The number of carbonyl (C=O) groups is 1. The predicted molar refractivity (Wildman–Crippen MR) is 70.1 cm³/mol. The summed E-state index contributed by atoms with van der Waals surface area (Å²) in [6.07, 6.45) is 3.00. The Kier molecular flexibility index (Phi) is 6.59. The van der Waals surface area contributed by atoms with Crippen molar-refractivity contribution in [3.05, 3.63) is 5.82 Å². The summed E-state index contributed by atoms with van der Waals surface area (Å²) in [6.45, 7) is 2.61. The van der Waals surface area contributed by atoms with E-state index in [1.54, 1.807) is 7.11 Å². The zero-order chi connectivity index (χ0) is 13.4. The van der Waals surface area contributed by atoms with Crippen molar-refractivity contribution in [3.63, 3.8) is 0 Å². The van der Waals surface area contributed by atoms with Gasteiger partial charge in [0.25, 0.3) is 0 Å². The second kappa shape index (κ2) is 7.99. The van der Waals surface area contributed by atoms with Gasteiger partial charge in [-0.2, -0.15) is 4.37 Å². The van der Waals surface area contributed by atoms with Crippen molar-refractivity contribution in [2.24, 2.45) is 0 Å². The summed E-state index contributed by atoms with van der Waals surface area (Å²) >= 11 is 1.21. The molecule has 18 heavy (non-hydrogen) atoms. The van der Waals surface area contributed by atoms with E-state index in [2.05, 4.69) is 21.6 Å². The molecule has 1 heterocycles. The number of carboxylic acids is 1. The van der Waals surface area contributed by atoms with Crippen LogP contribution in [0.4, 0.5) is 5.13 Å². The van der Waals surface area contributed by atoms with Crippen LogP contribution < -0.4 is 5.32 Å². The molecule has 0 aliphatic heterocycles. The van der Waals surface area contributed by atoms with Crippen LogP contribution in [0.2, 0.25) is 0 Å². The molecule has 6 nitrogen and oxygen atoms in total. The number of nitrogens with zero attached hydrogens (tertiary/aromatic N) is 2. The van der Waals surface area contributed by atoms with E-state index in [0.29, 0.717) is 24.6 Å². The average molecular weight is 273 g/mol. The molecule has 0 spiro atoms. The van der Waals surface area contributed by atoms with Crippen LogP contribution in [-0.2, 0) is 16.0 Å². The van der Waals surface area contributed by atoms with Gasteiger partial charge in [0, 0.05) is 31.7 Å². The standard InChI is InChI=1S/C11H19N3O3S/c1-3-5-9-13-11(18-14-9)12-8(10(15)16)6-4-7-17-2/h8H,3-7H2,1-2H3,(H,15,16)(H,12,13,14). The van der Waals surface area contributed by atoms with Crippen LogP contribution in [-0.4, -0.2) is 40.2 Å². The van der Waals surface area contributed by atoms with Crippen molar-refractivity contribution >= 4 is 22.6 Å². The molecule has 1 aromatic rings. The maximum Gasteiger partial charge on any atom is 0.326 e. The summed E-state index contributed by atoms with van der Waals surface area (Å²) < 4.78 is 9.08. The molecule has 1 aromatic heterocycles. The molecule has 1 rings (SSSR count). The summed E-state index contributed by atoms with van der Waals surface area (Å²) in [7, 11) is 1.60. The average Bonchev–Trinajstić information content (AvgIpc) is 2.76. The zero-order valence-electron chi connectivity index (χ0n) is 10.7. The molecule has 0 saturated heterocycles. The van der Waals surface area contributed by atoms with Crippen LogP contribution in [0.5, 0.6) is 0 Å². The van der Waals surface area contributed by atoms with Crippen LogP contribution in [0.1, 0.15) is 32.0 Å². The molecule has 102 valence electrons. The van der Waals surface area contributed by atoms with Crippen LogP contribution in [0.3, 0.4) is 0 Å². The SMILES string of the molecule is CCCc1nsc(NC(CCCOC)C(=O)O)n1. The number of anilines is 1.